The Balaban J connectivity index is 1.42. The zero-order chi connectivity index (χ0) is 19.5. The van der Waals surface area contributed by atoms with Crippen LogP contribution in [0.25, 0.3) is 11.5 Å². The number of aromatic carboxylic acids is 1. The van der Waals surface area contributed by atoms with Crippen LogP contribution >= 0.6 is 0 Å². The van der Waals surface area contributed by atoms with Gasteiger partial charge in [0.05, 0.1) is 17.5 Å². The second-order valence-electron chi connectivity index (χ2n) is 7.26. The molecular formula is C21H23N5O2. The molecule has 2 aromatic heterocycles. The maximum atomic E-state index is 11.4. The monoisotopic (exact) mass is 377 g/mol. The minimum absolute atomic E-state index is 0.356. The van der Waals surface area contributed by atoms with Crippen molar-refractivity contribution < 1.29 is 9.90 Å². The van der Waals surface area contributed by atoms with Crippen molar-refractivity contribution in [3.05, 3.63) is 65.4 Å². The molecule has 1 fully saturated rings. The minimum Gasteiger partial charge on any atom is -0.478 e. The van der Waals surface area contributed by atoms with Gasteiger partial charge in [-0.25, -0.2) is 14.8 Å². The van der Waals surface area contributed by atoms with Crippen molar-refractivity contribution in [2.24, 2.45) is 0 Å². The van der Waals surface area contributed by atoms with E-state index in [1.54, 1.807) is 24.5 Å². The highest BCUT2D eigenvalue weighted by atomic mass is 16.4. The Labute approximate surface area is 163 Å². The summed E-state index contributed by atoms with van der Waals surface area (Å²) in [5.74, 6) is 0.231. The number of H-pyrrole nitrogens is 1. The zero-order valence-corrected chi connectivity index (χ0v) is 15.8. The van der Waals surface area contributed by atoms with E-state index in [1.807, 2.05) is 25.3 Å². The molecule has 1 aliphatic heterocycles. The Bertz CT molecular complexity index is 976. The summed E-state index contributed by atoms with van der Waals surface area (Å²) in [5.41, 5.74) is 4.01. The molecule has 3 heterocycles. The molecule has 1 aromatic carbocycles. The Morgan fingerprint density at radius 3 is 2.71 bits per heavy atom. The minimum atomic E-state index is -0.870. The van der Waals surface area contributed by atoms with Crippen molar-refractivity contribution >= 4 is 5.97 Å². The molecule has 0 saturated carbocycles. The van der Waals surface area contributed by atoms with Crippen molar-refractivity contribution in [1.29, 1.82) is 0 Å². The number of carboxylic acid groups (broad SMARTS) is 1. The van der Waals surface area contributed by atoms with Crippen LogP contribution in [0.1, 0.15) is 46.1 Å². The van der Waals surface area contributed by atoms with Crippen LogP contribution in [-0.2, 0) is 6.54 Å². The Hall–Kier alpha value is -3.06. The molecule has 7 nitrogen and oxygen atoms in total. The molecule has 7 heteroatoms. The normalized spacial score (nSPS) is 15.6. The van der Waals surface area contributed by atoms with Gasteiger partial charge in [0.15, 0.2) is 5.82 Å². The van der Waals surface area contributed by atoms with Crippen molar-refractivity contribution in [2.45, 2.75) is 32.2 Å². The molecular weight excluding hydrogens is 354 g/mol. The summed E-state index contributed by atoms with van der Waals surface area (Å²) in [7, 11) is 0. The number of nitrogens with one attached hydrogen (secondary N) is 1. The van der Waals surface area contributed by atoms with E-state index in [0.717, 1.165) is 54.4 Å². The smallest absolute Gasteiger partial charge is 0.336 e. The van der Waals surface area contributed by atoms with Gasteiger partial charge in [0.25, 0.3) is 0 Å². The number of carboxylic acids is 1. The van der Waals surface area contributed by atoms with Crippen LogP contribution in [0, 0.1) is 6.92 Å². The average molecular weight is 377 g/mol. The van der Waals surface area contributed by atoms with E-state index in [-0.39, 0.29) is 0 Å². The fourth-order valence-corrected chi connectivity index (χ4v) is 3.73. The molecule has 0 spiro atoms. The molecule has 4 rings (SSSR count). The first kappa shape index (κ1) is 18.3. The van der Waals surface area contributed by atoms with Crippen LogP contribution in [-0.4, -0.2) is 49.0 Å². The van der Waals surface area contributed by atoms with Gasteiger partial charge in [0, 0.05) is 30.6 Å². The second-order valence-corrected chi connectivity index (χ2v) is 7.26. The van der Waals surface area contributed by atoms with Crippen LogP contribution < -0.4 is 0 Å². The number of hydrogen-bond acceptors (Lipinski definition) is 5. The molecule has 0 bridgehead atoms. The Kier molecular flexibility index (Phi) is 5.16. The van der Waals surface area contributed by atoms with Crippen LogP contribution in [0.4, 0.5) is 0 Å². The number of likely N-dealkylation sites (tertiary alicyclic amines) is 1. The van der Waals surface area contributed by atoms with E-state index in [9.17, 15) is 9.90 Å². The van der Waals surface area contributed by atoms with Crippen LogP contribution in [0.15, 0.2) is 42.9 Å². The van der Waals surface area contributed by atoms with E-state index in [2.05, 4.69) is 19.9 Å². The van der Waals surface area contributed by atoms with Gasteiger partial charge in [0.1, 0.15) is 5.69 Å². The van der Waals surface area contributed by atoms with Crippen LogP contribution in [0.3, 0.4) is 0 Å². The lowest BCUT2D eigenvalue weighted by Crippen LogP contribution is -2.33. The van der Waals surface area contributed by atoms with Gasteiger partial charge in [-0.15, -0.1) is 0 Å². The molecule has 28 heavy (non-hydrogen) atoms. The Morgan fingerprint density at radius 1 is 1.21 bits per heavy atom. The third kappa shape index (κ3) is 3.94. The molecule has 144 valence electrons. The van der Waals surface area contributed by atoms with Gasteiger partial charge in [-0.3, -0.25) is 9.88 Å². The van der Waals surface area contributed by atoms with Crippen LogP contribution in [0.5, 0.6) is 0 Å². The lowest BCUT2D eigenvalue weighted by Gasteiger charge is -2.32. The highest BCUT2D eigenvalue weighted by Gasteiger charge is 2.23. The van der Waals surface area contributed by atoms with Crippen molar-refractivity contribution in [3.63, 3.8) is 0 Å². The number of carbonyl (C=O) groups is 1. The SMILES string of the molecule is Cc1cnc(-c2cncc(C3CCN(Cc4ccccc4C(=O)O)CC3)n2)[nH]1. The predicted molar refractivity (Wildman–Crippen MR) is 105 cm³/mol. The number of rotatable bonds is 5. The number of hydrogen-bond donors (Lipinski definition) is 2. The van der Waals surface area contributed by atoms with Gasteiger partial charge in [-0.2, -0.15) is 0 Å². The maximum Gasteiger partial charge on any atom is 0.336 e. The van der Waals surface area contributed by atoms with Crippen molar-refractivity contribution in [2.75, 3.05) is 13.1 Å². The number of aromatic nitrogens is 4. The number of benzene rings is 1. The number of aromatic amines is 1. The largest absolute Gasteiger partial charge is 0.478 e. The number of piperidine rings is 1. The number of aryl methyl sites for hydroxylation is 1. The third-order valence-corrected chi connectivity index (χ3v) is 5.25. The van der Waals surface area contributed by atoms with Crippen molar-refractivity contribution in [1.82, 2.24) is 24.8 Å². The van der Waals surface area contributed by atoms with E-state index >= 15 is 0 Å². The van der Waals surface area contributed by atoms with Gasteiger partial charge in [-0.05, 0) is 44.5 Å². The first-order chi connectivity index (χ1) is 13.6. The number of nitrogens with zero attached hydrogens (tertiary/aromatic N) is 4. The molecule has 1 aliphatic rings. The van der Waals surface area contributed by atoms with Crippen LogP contribution in [0.2, 0.25) is 0 Å². The summed E-state index contributed by atoms with van der Waals surface area (Å²) in [6, 6.07) is 7.23. The lowest BCUT2D eigenvalue weighted by molar-refractivity contribution is 0.0694. The fraction of sp³-hybridized carbons (Fsp3) is 0.333. The van der Waals surface area contributed by atoms with E-state index in [1.165, 1.54) is 0 Å². The molecule has 2 N–H and O–H groups in total. The highest BCUT2D eigenvalue weighted by molar-refractivity contribution is 5.89. The van der Waals surface area contributed by atoms with Crippen molar-refractivity contribution in [3.8, 4) is 11.5 Å². The molecule has 0 unspecified atom stereocenters. The van der Waals surface area contributed by atoms with Gasteiger partial charge in [-0.1, -0.05) is 18.2 Å². The maximum absolute atomic E-state index is 11.4. The summed E-state index contributed by atoms with van der Waals surface area (Å²) in [6.07, 6.45) is 7.32. The fourth-order valence-electron chi connectivity index (χ4n) is 3.73. The van der Waals surface area contributed by atoms with Gasteiger partial charge >= 0.3 is 5.97 Å². The second kappa shape index (κ2) is 7.90. The summed E-state index contributed by atoms with van der Waals surface area (Å²) >= 11 is 0. The lowest BCUT2D eigenvalue weighted by atomic mass is 9.93. The molecule has 1 saturated heterocycles. The standard InChI is InChI=1S/C21H23N5O2/c1-14-10-23-20(24-14)19-12-22-11-18(25-19)15-6-8-26(9-7-15)13-16-4-2-3-5-17(16)21(27)28/h2-5,10-12,15H,6-9,13H2,1H3,(H,23,24)(H,27,28). The molecule has 0 aliphatic carbocycles. The van der Waals surface area contributed by atoms with Gasteiger partial charge < -0.3 is 10.1 Å². The quantitative estimate of drug-likeness (QED) is 0.709. The van der Waals surface area contributed by atoms with E-state index in [4.69, 9.17) is 4.98 Å². The predicted octanol–water partition coefficient (Wildman–Crippen LogP) is 3.25. The molecule has 0 atom stereocenters. The summed E-state index contributed by atoms with van der Waals surface area (Å²) in [5, 5.41) is 9.37. The molecule has 3 aromatic rings. The van der Waals surface area contributed by atoms with E-state index in [0.29, 0.717) is 18.0 Å². The number of imidazole rings is 1. The molecule has 0 radical (unpaired) electrons. The highest BCUT2D eigenvalue weighted by Crippen LogP contribution is 2.28. The topological polar surface area (TPSA) is 95.0 Å². The first-order valence-corrected chi connectivity index (χ1v) is 9.47. The average Bonchev–Trinajstić information content (AvgIpc) is 3.15. The third-order valence-electron chi connectivity index (χ3n) is 5.25. The van der Waals surface area contributed by atoms with E-state index < -0.39 is 5.97 Å². The summed E-state index contributed by atoms with van der Waals surface area (Å²) in [4.78, 5) is 30.4. The summed E-state index contributed by atoms with van der Waals surface area (Å²) < 4.78 is 0. The summed E-state index contributed by atoms with van der Waals surface area (Å²) in [6.45, 7) is 4.44. The Morgan fingerprint density at radius 2 is 2.00 bits per heavy atom. The van der Waals surface area contributed by atoms with Gasteiger partial charge in [0.2, 0.25) is 0 Å². The zero-order valence-electron chi connectivity index (χ0n) is 15.8. The first-order valence-electron chi connectivity index (χ1n) is 9.47. The molecule has 0 amide bonds.